The molecule has 0 aliphatic carbocycles. The number of aliphatic hydroxyl groups is 1. The SMILES string of the molecule is CCC(O)(CC)CNc1cc(C(=O)O)cc(Cl)n1. The standard InChI is InChI=1S/C12H17ClN2O3/c1-3-12(18,4-2)7-14-10-6-8(11(16)17)5-9(13)15-10/h5-6,18H,3-4,7H2,1-2H3,(H,14,15)(H,16,17). The molecule has 3 N–H and O–H groups in total. The van der Waals surface area contributed by atoms with Gasteiger partial charge in [-0.05, 0) is 25.0 Å². The van der Waals surface area contributed by atoms with Crippen LogP contribution < -0.4 is 5.32 Å². The summed E-state index contributed by atoms with van der Waals surface area (Å²) in [5.41, 5.74) is -0.762. The molecule has 0 bridgehead atoms. The van der Waals surface area contributed by atoms with Gasteiger partial charge < -0.3 is 15.5 Å². The fourth-order valence-corrected chi connectivity index (χ4v) is 1.67. The number of aromatic nitrogens is 1. The highest BCUT2D eigenvalue weighted by atomic mass is 35.5. The van der Waals surface area contributed by atoms with E-state index in [2.05, 4.69) is 10.3 Å². The van der Waals surface area contributed by atoms with Crippen LogP contribution >= 0.6 is 11.6 Å². The summed E-state index contributed by atoms with van der Waals surface area (Å²) in [5.74, 6) is -0.719. The number of hydrogen-bond acceptors (Lipinski definition) is 4. The molecule has 0 aliphatic rings. The molecule has 18 heavy (non-hydrogen) atoms. The van der Waals surface area contributed by atoms with Gasteiger partial charge in [-0.3, -0.25) is 0 Å². The Bertz CT molecular complexity index is 433. The van der Waals surface area contributed by atoms with Crippen LogP contribution in [0.3, 0.4) is 0 Å². The van der Waals surface area contributed by atoms with Crippen molar-refractivity contribution < 1.29 is 15.0 Å². The summed E-state index contributed by atoms with van der Waals surface area (Å²) in [6.07, 6.45) is 1.20. The Morgan fingerprint density at radius 3 is 2.56 bits per heavy atom. The Hall–Kier alpha value is -1.33. The van der Waals surface area contributed by atoms with Crippen LogP contribution in [-0.4, -0.2) is 33.3 Å². The third kappa shape index (κ3) is 3.85. The van der Waals surface area contributed by atoms with Crippen LogP contribution in [0.5, 0.6) is 0 Å². The molecular formula is C12H17ClN2O3. The molecule has 0 saturated carbocycles. The highest BCUT2D eigenvalue weighted by Gasteiger charge is 2.22. The lowest BCUT2D eigenvalue weighted by molar-refractivity contribution is 0.0456. The summed E-state index contributed by atoms with van der Waals surface area (Å²) in [6.45, 7) is 4.07. The van der Waals surface area contributed by atoms with E-state index in [-0.39, 0.29) is 10.7 Å². The van der Waals surface area contributed by atoms with E-state index in [1.54, 1.807) is 0 Å². The second-order valence-electron chi connectivity index (χ2n) is 4.15. The quantitative estimate of drug-likeness (QED) is 0.693. The first kappa shape index (κ1) is 14.7. The fourth-order valence-electron chi connectivity index (χ4n) is 1.47. The zero-order valence-corrected chi connectivity index (χ0v) is 11.2. The molecule has 0 saturated heterocycles. The monoisotopic (exact) mass is 272 g/mol. The van der Waals surface area contributed by atoms with Gasteiger partial charge in [-0.15, -0.1) is 0 Å². The molecule has 0 radical (unpaired) electrons. The lowest BCUT2D eigenvalue weighted by Gasteiger charge is -2.25. The van der Waals surface area contributed by atoms with E-state index in [0.29, 0.717) is 25.2 Å². The Labute approximate surface area is 111 Å². The van der Waals surface area contributed by atoms with Crippen molar-refractivity contribution in [2.24, 2.45) is 0 Å². The van der Waals surface area contributed by atoms with Gasteiger partial charge in [-0.2, -0.15) is 0 Å². The van der Waals surface area contributed by atoms with Crippen molar-refractivity contribution in [3.63, 3.8) is 0 Å². The molecular weight excluding hydrogens is 256 g/mol. The number of hydrogen-bond donors (Lipinski definition) is 3. The van der Waals surface area contributed by atoms with E-state index >= 15 is 0 Å². The summed E-state index contributed by atoms with van der Waals surface area (Å²) < 4.78 is 0. The van der Waals surface area contributed by atoms with Crippen molar-refractivity contribution in [1.82, 2.24) is 4.98 Å². The number of carbonyl (C=O) groups is 1. The molecule has 1 rings (SSSR count). The third-order valence-electron chi connectivity index (χ3n) is 2.96. The third-order valence-corrected chi connectivity index (χ3v) is 3.15. The van der Waals surface area contributed by atoms with Gasteiger partial charge in [0.1, 0.15) is 11.0 Å². The predicted molar refractivity (Wildman–Crippen MR) is 70.2 cm³/mol. The van der Waals surface area contributed by atoms with Gasteiger partial charge in [0.05, 0.1) is 11.2 Å². The number of rotatable bonds is 6. The Morgan fingerprint density at radius 1 is 1.44 bits per heavy atom. The molecule has 1 heterocycles. The van der Waals surface area contributed by atoms with E-state index in [4.69, 9.17) is 16.7 Å². The number of nitrogens with one attached hydrogen (secondary N) is 1. The molecule has 0 fully saturated rings. The average Bonchev–Trinajstić information content (AvgIpc) is 2.35. The molecule has 1 aromatic rings. The minimum absolute atomic E-state index is 0.0639. The van der Waals surface area contributed by atoms with Crippen molar-refractivity contribution >= 4 is 23.4 Å². The van der Waals surface area contributed by atoms with Crippen LogP contribution in [-0.2, 0) is 0 Å². The number of carboxylic acids is 1. The molecule has 0 unspecified atom stereocenters. The number of nitrogens with zero attached hydrogens (tertiary/aromatic N) is 1. The number of pyridine rings is 1. The summed E-state index contributed by atoms with van der Waals surface area (Å²) in [5, 5.41) is 22.0. The summed E-state index contributed by atoms with van der Waals surface area (Å²) in [4.78, 5) is 14.8. The summed E-state index contributed by atoms with van der Waals surface area (Å²) in [7, 11) is 0. The Kier molecular flexibility index (Phi) is 4.93. The Balaban J connectivity index is 2.82. The molecule has 0 amide bonds. The van der Waals surface area contributed by atoms with Gasteiger partial charge >= 0.3 is 5.97 Å². The first-order valence-corrected chi connectivity index (χ1v) is 6.15. The van der Waals surface area contributed by atoms with Crippen LogP contribution in [0.25, 0.3) is 0 Å². The molecule has 100 valence electrons. The molecule has 5 nitrogen and oxygen atoms in total. The normalized spacial score (nSPS) is 11.3. The van der Waals surface area contributed by atoms with Crippen LogP contribution in [0.1, 0.15) is 37.0 Å². The fraction of sp³-hybridized carbons (Fsp3) is 0.500. The highest BCUT2D eigenvalue weighted by Crippen LogP contribution is 2.18. The van der Waals surface area contributed by atoms with Crippen LogP contribution in [0, 0.1) is 0 Å². The van der Waals surface area contributed by atoms with Gasteiger partial charge in [0, 0.05) is 6.54 Å². The van der Waals surface area contributed by atoms with Crippen LogP contribution in [0.2, 0.25) is 5.15 Å². The topological polar surface area (TPSA) is 82.5 Å². The molecule has 0 atom stereocenters. The van der Waals surface area contributed by atoms with Crippen molar-refractivity contribution in [3.8, 4) is 0 Å². The van der Waals surface area contributed by atoms with E-state index in [0.717, 1.165) is 0 Å². The maximum Gasteiger partial charge on any atom is 0.335 e. The Morgan fingerprint density at radius 2 is 2.06 bits per heavy atom. The van der Waals surface area contributed by atoms with Gasteiger partial charge in [0.2, 0.25) is 0 Å². The van der Waals surface area contributed by atoms with Gasteiger partial charge in [-0.1, -0.05) is 25.4 Å². The minimum Gasteiger partial charge on any atom is -0.478 e. The summed E-state index contributed by atoms with van der Waals surface area (Å²) >= 11 is 5.73. The molecule has 0 aliphatic heterocycles. The number of halogens is 1. The predicted octanol–water partition coefficient (Wildman–Crippen LogP) is 2.40. The zero-order valence-electron chi connectivity index (χ0n) is 10.4. The molecule has 0 spiro atoms. The second-order valence-corrected chi connectivity index (χ2v) is 4.54. The second kappa shape index (κ2) is 6.02. The number of anilines is 1. The van der Waals surface area contributed by atoms with Crippen LogP contribution in [0.15, 0.2) is 12.1 Å². The molecule has 0 aromatic carbocycles. The average molecular weight is 273 g/mol. The van der Waals surface area contributed by atoms with E-state index in [9.17, 15) is 9.90 Å². The molecule has 1 aromatic heterocycles. The highest BCUT2D eigenvalue weighted by molar-refractivity contribution is 6.29. The maximum atomic E-state index is 10.9. The van der Waals surface area contributed by atoms with E-state index in [1.165, 1.54) is 12.1 Å². The lowest BCUT2D eigenvalue weighted by Crippen LogP contribution is -2.35. The van der Waals surface area contributed by atoms with Gasteiger partial charge in [0.25, 0.3) is 0 Å². The van der Waals surface area contributed by atoms with Crippen molar-refractivity contribution in [2.45, 2.75) is 32.3 Å². The summed E-state index contributed by atoms with van der Waals surface area (Å²) in [6, 6.07) is 2.67. The molecule has 6 heteroatoms. The first-order chi connectivity index (χ1) is 8.40. The van der Waals surface area contributed by atoms with Gasteiger partial charge in [0.15, 0.2) is 0 Å². The first-order valence-electron chi connectivity index (χ1n) is 5.77. The van der Waals surface area contributed by atoms with E-state index < -0.39 is 11.6 Å². The van der Waals surface area contributed by atoms with E-state index in [1.807, 2.05) is 13.8 Å². The number of aromatic carboxylic acids is 1. The van der Waals surface area contributed by atoms with Crippen molar-refractivity contribution in [1.29, 1.82) is 0 Å². The van der Waals surface area contributed by atoms with Gasteiger partial charge in [-0.25, -0.2) is 9.78 Å². The smallest absolute Gasteiger partial charge is 0.335 e. The minimum atomic E-state index is -1.07. The largest absolute Gasteiger partial charge is 0.478 e. The van der Waals surface area contributed by atoms with Crippen LogP contribution in [0.4, 0.5) is 5.82 Å². The number of carboxylic acid groups (broad SMARTS) is 1. The lowest BCUT2D eigenvalue weighted by atomic mass is 9.98. The maximum absolute atomic E-state index is 10.9. The van der Waals surface area contributed by atoms with Crippen molar-refractivity contribution in [2.75, 3.05) is 11.9 Å². The zero-order chi connectivity index (χ0) is 13.8. The van der Waals surface area contributed by atoms with Crippen molar-refractivity contribution in [3.05, 3.63) is 22.8 Å².